The van der Waals surface area contributed by atoms with Gasteiger partial charge in [0, 0.05) is 33.4 Å². The molecule has 7 heteroatoms. The van der Waals surface area contributed by atoms with Crippen molar-refractivity contribution in [3.8, 4) is 17.1 Å². The van der Waals surface area contributed by atoms with Crippen LogP contribution in [0, 0.1) is 0 Å². The van der Waals surface area contributed by atoms with Gasteiger partial charge in [0.15, 0.2) is 0 Å². The van der Waals surface area contributed by atoms with E-state index in [4.69, 9.17) is 19.2 Å². The van der Waals surface area contributed by atoms with Crippen LogP contribution in [0.2, 0.25) is 0 Å². The van der Waals surface area contributed by atoms with Crippen LogP contribution in [0.25, 0.3) is 11.4 Å². The molecule has 1 aliphatic rings. The summed E-state index contributed by atoms with van der Waals surface area (Å²) in [6.45, 7) is 5.35. The zero-order chi connectivity index (χ0) is 21.8. The van der Waals surface area contributed by atoms with Crippen LogP contribution in [0.3, 0.4) is 0 Å². The number of nitrogens with zero attached hydrogens (tertiary/aromatic N) is 3. The minimum absolute atomic E-state index is 0.0347. The van der Waals surface area contributed by atoms with E-state index in [0.29, 0.717) is 31.1 Å². The summed E-state index contributed by atoms with van der Waals surface area (Å²) in [7, 11) is 6.86. The molecule has 1 aromatic heterocycles. The molecule has 164 valence electrons. The van der Waals surface area contributed by atoms with Crippen molar-refractivity contribution in [2.45, 2.75) is 45.3 Å². The Hall–Kier alpha value is -2.38. The van der Waals surface area contributed by atoms with Crippen LogP contribution in [0.4, 0.5) is 5.69 Å². The highest BCUT2D eigenvalue weighted by Crippen LogP contribution is 2.31. The molecule has 1 fully saturated rings. The van der Waals surface area contributed by atoms with Crippen molar-refractivity contribution >= 4 is 5.69 Å². The highest BCUT2D eigenvalue weighted by atomic mass is 16.5. The third-order valence-corrected chi connectivity index (χ3v) is 5.96. The van der Waals surface area contributed by atoms with Crippen molar-refractivity contribution in [3.63, 3.8) is 0 Å². The molecule has 2 aromatic rings. The summed E-state index contributed by atoms with van der Waals surface area (Å²) in [5.74, 6) is 1.49. The summed E-state index contributed by atoms with van der Waals surface area (Å²) in [6.07, 6.45) is 2.40. The van der Waals surface area contributed by atoms with E-state index in [2.05, 4.69) is 11.8 Å². The minimum atomic E-state index is -0.0347. The fourth-order valence-electron chi connectivity index (χ4n) is 4.29. The van der Waals surface area contributed by atoms with Crippen LogP contribution in [0.5, 0.6) is 5.75 Å². The quantitative estimate of drug-likeness (QED) is 0.661. The lowest BCUT2D eigenvalue weighted by Gasteiger charge is -2.28. The molecule has 0 radical (unpaired) electrons. The van der Waals surface area contributed by atoms with Crippen molar-refractivity contribution in [1.29, 1.82) is 0 Å². The summed E-state index contributed by atoms with van der Waals surface area (Å²) in [5, 5.41) is 0. The lowest BCUT2D eigenvalue weighted by molar-refractivity contribution is 0.111. The van der Waals surface area contributed by atoms with Gasteiger partial charge in [0.1, 0.15) is 17.3 Å². The Morgan fingerprint density at radius 3 is 2.53 bits per heavy atom. The Morgan fingerprint density at radius 2 is 1.93 bits per heavy atom. The van der Waals surface area contributed by atoms with Gasteiger partial charge in [-0.2, -0.15) is 0 Å². The first-order valence-electron chi connectivity index (χ1n) is 10.5. The van der Waals surface area contributed by atoms with E-state index in [1.807, 2.05) is 25.1 Å². The lowest BCUT2D eigenvalue weighted by Crippen LogP contribution is -2.40. The molecule has 0 unspecified atom stereocenters. The molecule has 2 heterocycles. The SMILES string of the molecule is CCc1cc(OC)ccc1-c1nc(CC)c(N2C[C@H](OC)C[C@H]2COC)c(=O)n1C. The number of anilines is 1. The molecule has 0 bridgehead atoms. The van der Waals surface area contributed by atoms with Gasteiger partial charge in [0.2, 0.25) is 0 Å². The Labute approximate surface area is 178 Å². The van der Waals surface area contributed by atoms with Gasteiger partial charge in [-0.1, -0.05) is 13.8 Å². The maximum Gasteiger partial charge on any atom is 0.277 e. The topological polar surface area (TPSA) is 65.8 Å². The van der Waals surface area contributed by atoms with Gasteiger partial charge in [-0.05, 0) is 43.0 Å². The molecule has 30 heavy (non-hydrogen) atoms. The first kappa shape index (κ1) is 22.3. The summed E-state index contributed by atoms with van der Waals surface area (Å²) in [5.41, 5.74) is 3.50. The van der Waals surface area contributed by atoms with Gasteiger partial charge < -0.3 is 19.1 Å². The maximum atomic E-state index is 13.6. The Morgan fingerprint density at radius 1 is 1.17 bits per heavy atom. The summed E-state index contributed by atoms with van der Waals surface area (Å²) in [4.78, 5) is 20.7. The van der Waals surface area contributed by atoms with Gasteiger partial charge in [0.05, 0.1) is 31.6 Å². The van der Waals surface area contributed by atoms with Crippen LogP contribution in [0.1, 0.15) is 31.5 Å². The number of aryl methyl sites for hydroxylation is 2. The molecule has 7 nitrogen and oxygen atoms in total. The largest absolute Gasteiger partial charge is 0.497 e. The molecule has 1 saturated heterocycles. The highest BCUT2D eigenvalue weighted by molar-refractivity contribution is 5.65. The van der Waals surface area contributed by atoms with Crippen LogP contribution in [0.15, 0.2) is 23.0 Å². The molecular weight excluding hydrogens is 382 g/mol. The Kier molecular flexibility index (Phi) is 7.15. The van der Waals surface area contributed by atoms with Crippen LogP contribution in [-0.2, 0) is 29.4 Å². The first-order chi connectivity index (χ1) is 14.5. The fourth-order valence-corrected chi connectivity index (χ4v) is 4.29. The van der Waals surface area contributed by atoms with Crippen molar-refractivity contribution in [1.82, 2.24) is 9.55 Å². The summed E-state index contributed by atoms with van der Waals surface area (Å²) >= 11 is 0. The van der Waals surface area contributed by atoms with E-state index < -0.39 is 0 Å². The second-order valence-corrected chi connectivity index (χ2v) is 7.68. The normalized spacial score (nSPS) is 18.8. The molecule has 1 aliphatic heterocycles. The number of hydrogen-bond acceptors (Lipinski definition) is 6. The van der Waals surface area contributed by atoms with E-state index in [1.165, 1.54) is 0 Å². The van der Waals surface area contributed by atoms with Crippen molar-refractivity contribution < 1.29 is 14.2 Å². The minimum Gasteiger partial charge on any atom is -0.497 e. The van der Waals surface area contributed by atoms with E-state index in [-0.39, 0.29) is 17.7 Å². The summed E-state index contributed by atoms with van der Waals surface area (Å²) < 4.78 is 18.0. The average molecular weight is 416 g/mol. The summed E-state index contributed by atoms with van der Waals surface area (Å²) in [6, 6.07) is 6.01. The number of ether oxygens (including phenoxy) is 3. The lowest BCUT2D eigenvalue weighted by atomic mass is 10.0. The maximum absolute atomic E-state index is 13.6. The molecule has 3 rings (SSSR count). The van der Waals surface area contributed by atoms with Crippen LogP contribution in [-0.4, -0.2) is 56.2 Å². The van der Waals surface area contributed by atoms with Gasteiger partial charge in [0.25, 0.3) is 5.56 Å². The molecular formula is C23H33N3O4. The third-order valence-electron chi connectivity index (χ3n) is 5.96. The van der Waals surface area contributed by atoms with Crippen molar-refractivity contribution in [2.24, 2.45) is 7.05 Å². The molecule has 0 aliphatic carbocycles. The standard InChI is InChI=1S/C23H33N3O4/c1-7-15-11-17(29-5)9-10-19(15)22-24-20(8-2)21(23(27)25(22)3)26-13-18(30-6)12-16(26)14-28-4/h9-11,16,18H,7-8,12-14H2,1-6H3/t16-,18+/m0/s1. The van der Waals surface area contributed by atoms with Crippen LogP contribution >= 0.6 is 0 Å². The average Bonchev–Trinajstić information content (AvgIpc) is 3.17. The molecule has 1 aromatic carbocycles. The van der Waals surface area contributed by atoms with Crippen LogP contribution < -0.4 is 15.2 Å². The zero-order valence-corrected chi connectivity index (χ0v) is 18.9. The number of methoxy groups -OCH3 is 3. The molecule has 2 atom stereocenters. The second kappa shape index (κ2) is 9.62. The third kappa shape index (κ3) is 4.09. The molecule has 0 amide bonds. The van der Waals surface area contributed by atoms with E-state index in [9.17, 15) is 4.79 Å². The number of aromatic nitrogens is 2. The van der Waals surface area contributed by atoms with E-state index >= 15 is 0 Å². The Bertz CT molecular complexity index is 941. The van der Waals surface area contributed by atoms with E-state index in [1.54, 1.807) is 32.9 Å². The predicted molar refractivity (Wildman–Crippen MR) is 119 cm³/mol. The van der Waals surface area contributed by atoms with Crippen molar-refractivity contribution in [3.05, 3.63) is 39.8 Å². The number of benzene rings is 1. The van der Waals surface area contributed by atoms with E-state index in [0.717, 1.165) is 35.4 Å². The van der Waals surface area contributed by atoms with Gasteiger partial charge in [-0.3, -0.25) is 9.36 Å². The fraction of sp³-hybridized carbons (Fsp3) is 0.565. The number of hydrogen-bond donors (Lipinski definition) is 0. The molecule has 0 N–H and O–H groups in total. The zero-order valence-electron chi connectivity index (χ0n) is 18.9. The smallest absolute Gasteiger partial charge is 0.277 e. The first-order valence-corrected chi connectivity index (χ1v) is 10.5. The second-order valence-electron chi connectivity index (χ2n) is 7.68. The molecule has 0 saturated carbocycles. The van der Waals surface area contributed by atoms with Crippen molar-refractivity contribution in [2.75, 3.05) is 39.4 Å². The van der Waals surface area contributed by atoms with Gasteiger partial charge >= 0.3 is 0 Å². The van der Waals surface area contributed by atoms with Gasteiger partial charge in [-0.15, -0.1) is 0 Å². The molecule has 0 spiro atoms. The number of rotatable bonds is 8. The Balaban J connectivity index is 2.14. The predicted octanol–water partition coefficient (Wildman–Crippen LogP) is 2.82. The van der Waals surface area contributed by atoms with Gasteiger partial charge in [-0.25, -0.2) is 4.98 Å². The monoisotopic (exact) mass is 415 g/mol. The highest BCUT2D eigenvalue weighted by Gasteiger charge is 2.35.